The summed E-state index contributed by atoms with van der Waals surface area (Å²) < 4.78 is 44.3. The molecule has 0 saturated heterocycles. The van der Waals surface area contributed by atoms with E-state index in [9.17, 15) is 18.4 Å². The van der Waals surface area contributed by atoms with Gasteiger partial charge >= 0.3 is 0 Å². The lowest BCUT2D eigenvalue weighted by Crippen LogP contribution is -2.60. The van der Waals surface area contributed by atoms with Gasteiger partial charge < -0.3 is 9.66 Å². The molecule has 22 heavy (non-hydrogen) atoms. The van der Waals surface area contributed by atoms with Gasteiger partial charge in [0.25, 0.3) is 5.92 Å². The second-order valence-corrected chi connectivity index (χ2v) is 9.43. The number of fused-ring (bicyclic) bond motifs is 1. The van der Waals surface area contributed by atoms with Crippen molar-refractivity contribution in [2.45, 2.75) is 49.8 Å². The maximum absolute atomic E-state index is 14.6. The number of aryl methyl sites for hydroxylation is 1. The Bertz CT molecular complexity index is 565. The van der Waals surface area contributed by atoms with Crippen LogP contribution in [0.25, 0.3) is 0 Å². The first-order valence-electron chi connectivity index (χ1n) is 7.01. The van der Waals surface area contributed by atoms with Gasteiger partial charge in [0.2, 0.25) is 0 Å². The number of alkyl halides is 2. The van der Waals surface area contributed by atoms with Crippen molar-refractivity contribution in [2.75, 3.05) is 6.61 Å². The second-order valence-electron chi connectivity index (χ2n) is 6.55. The molecule has 0 aromatic heterocycles. The molecule has 124 valence electrons. The van der Waals surface area contributed by atoms with Gasteiger partial charge in [-0.3, -0.25) is 0 Å². The van der Waals surface area contributed by atoms with E-state index in [0.717, 1.165) is 5.56 Å². The van der Waals surface area contributed by atoms with E-state index in [1.807, 2.05) is 0 Å². The largest absolute Gasteiger partial charge is 0.598 e. The zero-order chi connectivity index (χ0) is 16.8. The molecule has 0 aliphatic heterocycles. The number of rotatable bonds is 4. The molecular formula is C15H20BrF2NO2S. The van der Waals surface area contributed by atoms with Crippen molar-refractivity contribution in [3.05, 3.63) is 33.8 Å². The van der Waals surface area contributed by atoms with Gasteiger partial charge in [-0.05, 0) is 56.9 Å². The van der Waals surface area contributed by atoms with Crippen LogP contribution in [0.5, 0.6) is 0 Å². The number of hydrogen-bond acceptors (Lipinski definition) is 3. The smallest absolute Gasteiger partial charge is 0.296 e. The number of benzene rings is 1. The van der Waals surface area contributed by atoms with Gasteiger partial charge in [-0.15, -0.1) is 4.72 Å². The van der Waals surface area contributed by atoms with Gasteiger partial charge in [0.1, 0.15) is 11.4 Å². The molecule has 0 bridgehead atoms. The third-order valence-electron chi connectivity index (χ3n) is 3.95. The summed E-state index contributed by atoms with van der Waals surface area (Å²) >= 11 is 1.62. The first-order valence-corrected chi connectivity index (χ1v) is 8.95. The van der Waals surface area contributed by atoms with Gasteiger partial charge in [-0.1, -0.05) is 22.0 Å². The Balaban J connectivity index is 2.54. The van der Waals surface area contributed by atoms with E-state index in [-0.39, 0.29) is 6.42 Å². The van der Waals surface area contributed by atoms with Crippen molar-refractivity contribution in [1.29, 1.82) is 0 Å². The molecular weight excluding hydrogens is 376 g/mol. The van der Waals surface area contributed by atoms with Crippen LogP contribution in [0.4, 0.5) is 8.78 Å². The molecule has 7 heteroatoms. The summed E-state index contributed by atoms with van der Waals surface area (Å²) in [6.45, 7) is 3.86. The summed E-state index contributed by atoms with van der Waals surface area (Å²) in [5.74, 6) is -3.42. The highest BCUT2D eigenvalue weighted by atomic mass is 79.9. The predicted octanol–water partition coefficient (Wildman–Crippen LogP) is 3.27. The van der Waals surface area contributed by atoms with Crippen molar-refractivity contribution in [2.24, 2.45) is 0 Å². The fourth-order valence-corrected chi connectivity index (χ4v) is 3.97. The Hall–Kier alpha value is -0.210. The molecule has 1 aliphatic rings. The molecule has 0 saturated carbocycles. The second kappa shape index (κ2) is 6.02. The molecule has 2 atom stereocenters. The highest BCUT2D eigenvalue weighted by Gasteiger charge is 2.60. The van der Waals surface area contributed by atoms with Crippen molar-refractivity contribution in [1.82, 2.24) is 4.72 Å². The van der Waals surface area contributed by atoms with Gasteiger partial charge in [-0.25, -0.2) is 8.78 Å². The van der Waals surface area contributed by atoms with E-state index < -0.39 is 34.2 Å². The maximum Gasteiger partial charge on any atom is 0.296 e. The van der Waals surface area contributed by atoms with Gasteiger partial charge in [0, 0.05) is 15.8 Å². The fraction of sp³-hybridized carbons (Fsp3) is 0.600. The van der Waals surface area contributed by atoms with Crippen molar-refractivity contribution < 1.29 is 18.4 Å². The van der Waals surface area contributed by atoms with Crippen LogP contribution in [0, 0.1) is 0 Å². The minimum Gasteiger partial charge on any atom is -0.598 e. The molecule has 1 aliphatic carbocycles. The summed E-state index contributed by atoms with van der Waals surface area (Å²) in [5.41, 5.74) is -0.632. The maximum atomic E-state index is 14.6. The topological polar surface area (TPSA) is 55.3 Å². The Morgan fingerprint density at radius 2 is 2.05 bits per heavy atom. The Morgan fingerprint density at radius 1 is 1.41 bits per heavy atom. The zero-order valence-corrected chi connectivity index (χ0v) is 15.2. The number of hydrogen-bond donors (Lipinski definition) is 2. The third-order valence-corrected chi connectivity index (χ3v) is 6.09. The first kappa shape index (κ1) is 18.1. The molecule has 1 unspecified atom stereocenters. The van der Waals surface area contributed by atoms with E-state index in [2.05, 4.69) is 20.7 Å². The quantitative estimate of drug-likeness (QED) is 0.769. The zero-order valence-electron chi connectivity index (χ0n) is 12.8. The van der Waals surface area contributed by atoms with Crippen LogP contribution < -0.4 is 4.72 Å². The Labute approximate surface area is 140 Å². The molecule has 1 aromatic carbocycles. The van der Waals surface area contributed by atoms with Gasteiger partial charge in [0.05, 0.1) is 0 Å². The lowest BCUT2D eigenvalue weighted by molar-refractivity contribution is -0.120. The number of nitrogens with one attached hydrogen (secondary N) is 1. The number of aliphatic hydroxyl groups excluding tert-OH is 1. The van der Waals surface area contributed by atoms with Crippen LogP contribution in [0.3, 0.4) is 0 Å². The molecule has 0 heterocycles. The summed E-state index contributed by atoms with van der Waals surface area (Å²) in [6, 6.07) is 5.21. The lowest BCUT2D eigenvalue weighted by Gasteiger charge is -2.39. The highest BCUT2D eigenvalue weighted by Crippen LogP contribution is 2.48. The van der Waals surface area contributed by atoms with Crippen molar-refractivity contribution in [3.63, 3.8) is 0 Å². The van der Waals surface area contributed by atoms with E-state index in [0.29, 0.717) is 16.5 Å². The Morgan fingerprint density at radius 3 is 2.59 bits per heavy atom. The normalized spacial score (nSPS) is 23.5. The first-order chi connectivity index (χ1) is 10.0. The molecule has 0 amide bonds. The SMILES string of the molecule is CC(C)(C)[S+]([O-])N[C@]1(C(F)(F)CO)CCc2ccc(Br)cc21. The van der Waals surface area contributed by atoms with Gasteiger partial charge in [0.15, 0.2) is 5.54 Å². The van der Waals surface area contributed by atoms with Crippen LogP contribution in [0.1, 0.15) is 38.3 Å². The van der Waals surface area contributed by atoms with E-state index >= 15 is 0 Å². The average Bonchev–Trinajstić information content (AvgIpc) is 2.77. The molecule has 0 radical (unpaired) electrons. The van der Waals surface area contributed by atoms with E-state index in [1.54, 1.807) is 39.0 Å². The molecule has 0 fully saturated rings. The molecule has 2 rings (SSSR count). The van der Waals surface area contributed by atoms with Crippen molar-refractivity contribution in [3.8, 4) is 0 Å². The van der Waals surface area contributed by atoms with Crippen LogP contribution in [-0.4, -0.2) is 26.9 Å². The third kappa shape index (κ3) is 3.06. The average molecular weight is 396 g/mol. The minimum atomic E-state index is -3.42. The van der Waals surface area contributed by atoms with Crippen molar-refractivity contribution >= 4 is 27.3 Å². The fourth-order valence-electron chi connectivity index (χ4n) is 2.63. The summed E-state index contributed by atoms with van der Waals surface area (Å²) in [4.78, 5) is 0. The molecule has 3 nitrogen and oxygen atoms in total. The Kier molecular flexibility index (Phi) is 4.96. The number of aliphatic hydroxyl groups is 1. The molecule has 0 spiro atoms. The summed E-state index contributed by atoms with van der Waals surface area (Å²) in [7, 11) is 0. The summed E-state index contributed by atoms with van der Waals surface area (Å²) in [6.07, 6.45) is 0.542. The van der Waals surface area contributed by atoms with Crippen LogP contribution in [-0.2, 0) is 23.3 Å². The highest BCUT2D eigenvalue weighted by molar-refractivity contribution is 9.10. The van der Waals surface area contributed by atoms with Crippen LogP contribution in [0.15, 0.2) is 22.7 Å². The van der Waals surface area contributed by atoms with Gasteiger partial charge in [-0.2, -0.15) is 0 Å². The predicted molar refractivity (Wildman–Crippen MR) is 87.2 cm³/mol. The van der Waals surface area contributed by atoms with E-state index in [1.165, 1.54) is 0 Å². The van der Waals surface area contributed by atoms with Crippen LogP contribution >= 0.6 is 15.9 Å². The number of halogens is 3. The minimum absolute atomic E-state index is 0.0914. The van der Waals surface area contributed by atoms with Crippen LogP contribution in [0.2, 0.25) is 0 Å². The lowest BCUT2D eigenvalue weighted by atomic mass is 9.86. The summed E-state index contributed by atoms with van der Waals surface area (Å²) in [5, 5.41) is 9.23. The monoisotopic (exact) mass is 395 g/mol. The van der Waals surface area contributed by atoms with E-state index in [4.69, 9.17) is 0 Å². The standard InChI is InChI=1S/C15H20BrF2NO2S/c1-13(2,3)22(21)19-14(15(17,18)9-20)7-6-10-4-5-11(16)8-12(10)14/h4-5,8,19-20H,6-7,9H2,1-3H3/t14-,22?/m1/s1. The molecule has 2 N–H and O–H groups in total. The molecule has 1 aromatic rings.